The van der Waals surface area contributed by atoms with E-state index in [4.69, 9.17) is 0 Å². The molecule has 1 N–H and O–H groups in total. The van der Waals surface area contributed by atoms with E-state index in [1.807, 2.05) is 19.3 Å². The summed E-state index contributed by atoms with van der Waals surface area (Å²) in [7, 11) is -2.87. The van der Waals surface area contributed by atoms with Crippen molar-refractivity contribution in [1.82, 2.24) is 10.3 Å². The van der Waals surface area contributed by atoms with Gasteiger partial charge in [0.1, 0.15) is 9.84 Å². The van der Waals surface area contributed by atoms with Crippen LogP contribution in [-0.4, -0.2) is 32.0 Å². The number of nitrogens with one attached hydrogen (secondary N) is 1. The van der Waals surface area contributed by atoms with E-state index >= 15 is 0 Å². The van der Waals surface area contributed by atoms with Crippen molar-refractivity contribution < 1.29 is 8.42 Å². The highest BCUT2D eigenvalue weighted by Gasteiger charge is 2.12. The van der Waals surface area contributed by atoms with Crippen LogP contribution in [0.5, 0.6) is 0 Å². The fourth-order valence-electron chi connectivity index (χ4n) is 2.02. The van der Waals surface area contributed by atoms with Crippen LogP contribution in [0, 0.1) is 6.92 Å². The lowest BCUT2D eigenvalue weighted by Crippen LogP contribution is -2.23. The summed E-state index contributed by atoms with van der Waals surface area (Å²) in [5, 5.41) is 3.46. The standard InChI is InChI=1S/C14H24N2O2S/c1-4-7-16-14(6-5-8-19(3,17)18)13-9-12(2)10-15-11-13/h9-11,14,16H,4-8H2,1-3H3. The molecule has 0 aromatic carbocycles. The van der Waals surface area contributed by atoms with Crippen molar-refractivity contribution in [1.29, 1.82) is 0 Å². The number of aromatic nitrogens is 1. The van der Waals surface area contributed by atoms with Crippen LogP contribution >= 0.6 is 0 Å². The summed E-state index contributed by atoms with van der Waals surface area (Å²) < 4.78 is 22.4. The molecule has 0 amide bonds. The third kappa shape index (κ3) is 6.68. The zero-order valence-electron chi connectivity index (χ0n) is 12.0. The minimum absolute atomic E-state index is 0.189. The maximum absolute atomic E-state index is 11.2. The third-order valence-corrected chi connectivity index (χ3v) is 3.98. The van der Waals surface area contributed by atoms with Gasteiger partial charge in [-0.25, -0.2) is 8.42 Å². The largest absolute Gasteiger partial charge is 0.310 e. The summed E-state index contributed by atoms with van der Waals surface area (Å²) in [4.78, 5) is 4.21. The molecule has 1 heterocycles. The van der Waals surface area contributed by atoms with Crippen molar-refractivity contribution in [2.75, 3.05) is 18.6 Å². The molecule has 1 rings (SSSR count). The second kappa shape index (κ2) is 7.60. The first-order valence-electron chi connectivity index (χ1n) is 6.75. The molecule has 108 valence electrons. The smallest absolute Gasteiger partial charge is 0.147 e. The van der Waals surface area contributed by atoms with Gasteiger partial charge in [0, 0.05) is 30.4 Å². The predicted molar refractivity (Wildman–Crippen MR) is 79.0 cm³/mol. The highest BCUT2D eigenvalue weighted by Crippen LogP contribution is 2.19. The van der Waals surface area contributed by atoms with Gasteiger partial charge < -0.3 is 5.32 Å². The Balaban J connectivity index is 2.66. The summed E-state index contributed by atoms with van der Waals surface area (Å²) in [5.74, 6) is 0.247. The van der Waals surface area contributed by atoms with Crippen LogP contribution in [0.4, 0.5) is 0 Å². The zero-order valence-corrected chi connectivity index (χ0v) is 12.8. The first kappa shape index (κ1) is 16.1. The van der Waals surface area contributed by atoms with Crippen molar-refractivity contribution in [3.05, 3.63) is 29.6 Å². The molecule has 0 aliphatic heterocycles. The summed E-state index contributed by atoms with van der Waals surface area (Å²) in [6.45, 7) is 5.07. The van der Waals surface area contributed by atoms with Crippen LogP contribution < -0.4 is 5.32 Å². The van der Waals surface area contributed by atoms with Gasteiger partial charge in [0.25, 0.3) is 0 Å². The van der Waals surface area contributed by atoms with Gasteiger partial charge in [0.2, 0.25) is 0 Å². The number of rotatable bonds is 8. The van der Waals surface area contributed by atoms with Crippen molar-refractivity contribution in [2.45, 2.75) is 39.2 Å². The Kier molecular flexibility index (Phi) is 6.45. The van der Waals surface area contributed by atoms with Gasteiger partial charge in [-0.1, -0.05) is 13.0 Å². The lowest BCUT2D eigenvalue weighted by molar-refractivity contribution is 0.491. The summed E-state index contributed by atoms with van der Waals surface area (Å²) >= 11 is 0. The number of sulfone groups is 1. The molecule has 0 saturated carbocycles. The minimum atomic E-state index is -2.87. The van der Waals surface area contributed by atoms with Crippen molar-refractivity contribution in [3.63, 3.8) is 0 Å². The monoisotopic (exact) mass is 284 g/mol. The quantitative estimate of drug-likeness (QED) is 0.795. The molecule has 1 aromatic heterocycles. The van der Waals surface area contributed by atoms with Gasteiger partial charge in [-0.05, 0) is 43.9 Å². The normalized spacial score (nSPS) is 13.4. The van der Waals surface area contributed by atoms with Gasteiger partial charge in [0.05, 0.1) is 0 Å². The van der Waals surface area contributed by atoms with E-state index in [0.29, 0.717) is 6.42 Å². The molecular formula is C14H24N2O2S. The van der Waals surface area contributed by atoms with Crippen LogP contribution in [0.2, 0.25) is 0 Å². The molecule has 0 radical (unpaired) electrons. The average molecular weight is 284 g/mol. The third-order valence-electron chi connectivity index (χ3n) is 2.95. The van der Waals surface area contributed by atoms with Crippen LogP contribution in [0.25, 0.3) is 0 Å². The van der Waals surface area contributed by atoms with E-state index in [9.17, 15) is 8.42 Å². The fourth-order valence-corrected chi connectivity index (χ4v) is 2.71. The first-order chi connectivity index (χ1) is 8.92. The Bertz CT molecular complexity index is 486. The Hall–Kier alpha value is -0.940. The lowest BCUT2D eigenvalue weighted by Gasteiger charge is -2.19. The van der Waals surface area contributed by atoms with E-state index in [2.05, 4.69) is 23.3 Å². The van der Waals surface area contributed by atoms with Crippen molar-refractivity contribution in [3.8, 4) is 0 Å². The fraction of sp³-hybridized carbons (Fsp3) is 0.643. The van der Waals surface area contributed by atoms with Crippen LogP contribution in [0.1, 0.15) is 43.4 Å². The highest BCUT2D eigenvalue weighted by atomic mass is 32.2. The molecule has 0 fully saturated rings. The van der Waals surface area contributed by atoms with Gasteiger partial charge in [-0.3, -0.25) is 4.98 Å². The molecule has 5 heteroatoms. The molecular weight excluding hydrogens is 260 g/mol. The summed E-state index contributed by atoms with van der Waals surface area (Å²) in [6, 6.07) is 2.30. The molecule has 0 bridgehead atoms. The van der Waals surface area contributed by atoms with Gasteiger partial charge >= 0.3 is 0 Å². The Morgan fingerprint density at radius 3 is 2.68 bits per heavy atom. The molecule has 0 aliphatic rings. The first-order valence-corrected chi connectivity index (χ1v) is 8.81. The van der Waals surface area contributed by atoms with Gasteiger partial charge in [-0.15, -0.1) is 0 Å². The number of aryl methyl sites for hydroxylation is 1. The summed E-state index contributed by atoms with van der Waals surface area (Å²) in [5.41, 5.74) is 2.27. The molecule has 1 atom stereocenters. The second-order valence-corrected chi connectivity index (χ2v) is 7.33. The number of hydrogen-bond acceptors (Lipinski definition) is 4. The Morgan fingerprint density at radius 2 is 2.11 bits per heavy atom. The molecule has 0 saturated heterocycles. The van der Waals surface area contributed by atoms with Crippen LogP contribution in [-0.2, 0) is 9.84 Å². The van der Waals surface area contributed by atoms with E-state index in [0.717, 1.165) is 30.5 Å². The van der Waals surface area contributed by atoms with Crippen LogP contribution in [0.3, 0.4) is 0 Å². The topological polar surface area (TPSA) is 59.1 Å². The number of pyridine rings is 1. The number of hydrogen-bond donors (Lipinski definition) is 1. The molecule has 0 spiro atoms. The van der Waals surface area contributed by atoms with Crippen LogP contribution in [0.15, 0.2) is 18.5 Å². The molecule has 1 aromatic rings. The van der Waals surface area contributed by atoms with E-state index in [1.54, 1.807) is 0 Å². The molecule has 19 heavy (non-hydrogen) atoms. The predicted octanol–water partition coefficient (Wildman–Crippen LogP) is 2.26. The average Bonchev–Trinajstić information content (AvgIpc) is 2.32. The molecule has 1 unspecified atom stereocenters. The molecule has 0 aliphatic carbocycles. The SMILES string of the molecule is CCCNC(CCCS(C)(=O)=O)c1cncc(C)c1. The lowest BCUT2D eigenvalue weighted by atomic mass is 10.0. The Labute approximate surface area is 116 Å². The molecule has 4 nitrogen and oxygen atoms in total. The van der Waals surface area contributed by atoms with E-state index < -0.39 is 9.84 Å². The van der Waals surface area contributed by atoms with Gasteiger partial charge in [0.15, 0.2) is 0 Å². The Morgan fingerprint density at radius 1 is 1.37 bits per heavy atom. The summed E-state index contributed by atoms with van der Waals surface area (Å²) in [6.07, 6.45) is 7.53. The van der Waals surface area contributed by atoms with Crippen molar-refractivity contribution >= 4 is 9.84 Å². The van der Waals surface area contributed by atoms with E-state index in [-0.39, 0.29) is 11.8 Å². The van der Waals surface area contributed by atoms with E-state index in [1.165, 1.54) is 6.26 Å². The van der Waals surface area contributed by atoms with Crippen molar-refractivity contribution in [2.24, 2.45) is 0 Å². The zero-order chi connectivity index (χ0) is 14.3. The maximum atomic E-state index is 11.2. The second-order valence-electron chi connectivity index (χ2n) is 5.07. The number of nitrogens with zero attached hydrogens (tertiary/aromatic N) is 1. The maximum Gasteiger partial charge on any atom is 0.147 e. The highest BCUT2D eigenvalue weighted by molar-refractivity contribution is 7.90. The van der Waals surface area contributed by atoms with Gasteiger partial charge in [-0.2, -0.15) is 0 Å². The minimum Gasteiger partial charge on any atom is -0.310 e.